The highest BCUT2D eigenvalue weighted by molar-refractivity contribution is 7.93. The van der Waals surface area contributed by atoms with Crippen molar-refractivity contribution in [3.05, 3.63) is 78.4 Å². The number of halogens is 2. The van der Waals surface area contributed by atoms with E-state index in [1.165, 1.54) is 12.1 Å². The van der Waals surface area contributed by atoms with Crippen molar-refractivity contribution in [3.63, 3.8) is 0 Å². The quantitative estimate of drug-likeness (QED) is 0.242. The van der Waals surface area contributed by atoms with Gasteiger partial charge in [0.25, 0.3) is 15.9 Å². The summed E-state index contributed by atoms with van der Waals surface area (Å²) < 4.78 is 67.0. The molecule has 3 aromatic carbocycles. The zero-order chi connectivity index (χ0) is 30.0. The number of fused-ring (bicyclic) bond motifs is 6. The molecule has 0 spiro atoms. The monoisotopic (exact) mass is 611 g/mol. The van der Waals surface area contributed by atoms with Crippen LogP contribution in [0.25, 0.3) is 21.7 Å². The third-order valence-electron chi connectivity index (χ3n) is 6.83. The van der Waals surface area contributed by atoms with E-state index in [-0.39, 0.29) is 33.0 Å². The zero-order valence-corrected chi connectivity index (χ0v) is 25.5. The predicted octanol–water partition coefficient (Wildman–Crippen LogP) is 8.78. The van der Waals surface area contributed by atoms with Crippen LogP contribution in [0.15, 0.2) is 77.7 Å². The lowest BCUT2D eigenvalue weighted by Crippen LogP contribution is -2.16. The largest absolute Gasteiger partial charge is 0.493 e. The third kappa shape index (κ3) is 7.10. The molecule has 10 heteroatoms. The number of benzene rings is 3. The number of nitrogens with zero attached hydrogens (tertiary/aromatic N) is 1. The molecule has 2 heterocycles. The molecule has 0 fully saturated rings. The maximum absolute atomic E-state index is 15.8. The maximum Gasteiger partial charge on any atom is 0.273 e. The first-order valence-electron chi connectivity index (χ1n) is 14.0. The van der Waals surface area contributed by atoms with Gasteiger partial charge < -0.3 is 10.1 Å². The summed E-state index contributed by atoms with van der Waals surface area (Å²) in [7, 11) is -4.01. The van der Waals surface area contributed by atoms with E-state index >= 15 is 8.78 Å². The van der Waals surface area contributed by atoms with E-state index in [0.717, 1.165) is 11.3 Å². The second-order valence-electron chi connectivity index (χ2n) is 11.7. The van der Waals surface area contributed by atoms with E-state index in [2.05, 4.69) is 35.8 Å². The summed E-state index contributed by atoms with van der Waals surface area (Å²) in [6, 6.07) is 20.3. The number of alkyl halides is 2. The van der Waals surface area contributed by atoms with Gasteiger partial charge in [-0.25, -0.2) is 22.2 Å². The number of sulfonamides is 1. The molecule has 0 amide bonds. The summed E-state index contributed by atoms with van der Waals surface area (Å²) in [5.41, 5.74) is 1.72. The highest BCUT2D eigenvalue weighted by Gasteiger charge is 2.35. The van der Waals surface area contributed by atoms with Gasteiger partial charge in [-0.15, -0.1) is 0 Å². The second-order valence-corrected chi connectivity index (χ2v) is 14.4. The highest BCUT2D eigenvalue weighted by atomic mass is 32.2. The lowest BCUT2D eigenvalue weighted by Gasteiger charge is -2.20. The minimum atomic E-state index is -4.01. The van der Waals surface area contributed by atoms with Gasteiger partial charge in [0, 0.05) is 29.8 Å². The average molecular weight is 612 g/mol. The first-order chi connectivity index (χ1) is 19.9. The van der Waals surface area contributed by atoms with Crippen LogP contribution < -0.4 is 14.8 Å². The van der Waals surface area contributed by atoms with E-state index in [1.807, 2.05) is 24.3 Å². The molecule has 0 unspecified atom stereocenters. The minimum absolute atomic E-state index is 0.0606. The standard InChI is InChI=1S/C32H35F2N3O3S2/c1-31(2,3)21-40-24-13-9-11-22(19-24)29-28-26-15-5-6-16-27(26)32(33,34)17-7-4-8-18-35-23-12-10-14-25(20-23)42(38,39)37-30(36-28)41-29/h5-6,9-16,19-20,35H,4,7-8,17-18,21H2,1-3H3,(H,36,37). The number of thiazole rings is 1. The number of ether oxygens (including phenoxy) is 1. The molecule has 1 aliphatic heterocycles. The molecule has 0 saturated carbocycles. The van der Waals surface area contributed by atoms with E-state index in [4.69, 9.17) is 4.74 Å². The molecule has 4 aromatic rings. The van der Waals surface area contributed by atoms with Crippen molar-refractivity contribution in [1.29, 1.82) is 0 Å². The van der Waals surface area contributed by atoms with Gasteiger partial charge in [0.05, 0.1) is 22.1 Å². The van der Waals surface area contributed by atoms with E-state index in [1.54, 1.807) is 36.4 Å². The van der Waals surface area contributed by atoms with Crippen molar-refractivity contribution in [3.8, 4) is 27.4 Å². The zero-order valence-electron chi connectivity index (χ0n) is 23.9. The molecule has 0 radical (unpaired) electrons. The van der Waals surface area contributed by atoms with Crippen molar-refractivity contribution in [2.24, 2.45) is 5.41 Å². The molecule has 2 N–H and O–H groups in total. The predicted molar refractivity (Wildman–Crippen MR) is 166 cm³/mol. The summed E-state index contributed by atoms with van der Waals surface area (Å²) in [5, 5.41) is 3.29. The van der Waals surface area contributed by atoms with Crippen LogP contribution in [0, 0.1) is 5.41 Å². The summed E-state index contributed by atoms with van der Waals surface area (Å²) in [6.45, 7) is 7.25. The van der Waals surface area contributed by atoms with Crippen molar-refractivity contribution in [2.75, 3.05) is 23.2 Å². The molecule has 222 valence electrons. The Hall–Kier alpha value is -3.50. The smallest absolute Gasteiger partial charge is 0.273 e. The van der Waals surface area contributed by atoms with Crippen LogP contribution >= 0.6 is 11.3 Å². The van der Waals surface area contributed by atoms with Crippen LogP contribution in [0.3, 0.4) is 0 Å². The molecule has 1 aromatic heterocycles. The Morgan fingerprint density at radius 3 is 2.57 bits per heavy atom. The molecular formula is C32H35F2N3O3S2. The van der Waals surface area contributed by atoms with Crippen LogP contribution in [0.4, 0.5) is 19.6 Å². The van der Waals surface area contributed by atoms with Crippen LogP contribution in [0.5, 0.6) is 5.75 Å². The van der Waals surface area contributed by atoms with E-state index in [0.29, 0.717) is 60.0 Å². The van der Waals surface area contributed by atoms with Crippen molar-refractivity contribution in [2.45, 2.75) is 57.3 Å². The van der Waals surface area contributed by atoms with Gasteiger partial charge in [-0.1, -0.05) is 81.0 Å². The number of hydrogen-bond acceptors (Lipinski definition) is 6. The van der Waals surface area contributed by atoms with Gasteiger partial charge in [-0.3, -0.25) is 4.72 Å². The Kier molecular flexibility index (Phi) is 8.57. The average Bonchev–Trinajstić information content (AvgIpc) is 3.36. The summed E-state index contributed by atoms with van der Waals surface area (Å²) in [6.07, 6.45) is 1.34. The second kappa shape index (κ2) is 12.0. The molecule has 42 heavy (non-hydrogen) atoms. The summed E-state index contributed by atoms with van der Waals surface area (Å²) in [4.78, 5) is 5.28. The lowest BCUT2D eigenvalue weighted by atomic mass is 9.94. The van der Waals surface area contributed by atoms with Crippen LogP contribution in [0.2, 0.25) is 0 Å². The van der Waals surface area contributed by atoms with Crippen LogP contribution in [-0.4, -0.2) is 26.6 Å². The fourth-order valence-electron chi connectivity index (χ4n) is 4.74. The summed E-state index contributed by atoms with van der Waals surface area (Å²) in [5.74, 6) is -2.47. The van der Waals surface area contributed by atoms with Gasteiger partial charge in [0.2, 0.25) is 0 Å². The van der Waals surface area contributed by atoms with E-state index < -0.39 is 15.9 Å². The molecular weight excluding hydrogens is 577 g/mol. The Balaban J connectivity index is 1.65. The van der Waals surface area contributed by atoms with Crippen LogP contribution in [-0.2, 0) is 15.9 Å². The maximum atomic E-state index is 15.8. The third-order valence-corrected chi connectivity index (χ3v) is 9.32. The van der Waals surface area contributed by atoms with Crippen molar-refractivity contribution >= 4 is 32.2 Å². The Bertz CT molecular complexity index is 1660. The molecule has 1 aliphatic rings. The van der Waals surface area contributed by atoms with Crippen molar-refractivity contribution in [1.82, 2.24) is 4.98 Å². The number of anilines is 2. The molecule has 0 saturated heterocycles. The number of hydrogen-bond donors (Lipinski definition) is 2. The van der Waals surface area contributed by atoms with Crippen molar-refractivity contribution < 1.29 is 21.9 Å². The van der Waals surface area contributed by atoms with Gasteiger partial charge in [0.1, 0.15) is 5.75 Å². The molecule has 6 nitrogen and oxygen atoms in total. The van der Waals surface area contributed by atoms with Gasteiger partial charge in [0.15, 0.2) is 5.13 Å². The molecule has 5 rings (SSSR count). The lowest BCUT2D eigenvalue weighted by molar-refractivity contribution is -0.0151. The number of rotatable bonds is 3. The SMILES string of the molecule is CC(C)(C)COc1cccc(-c2sc3nc2-c2ccccc2C(F)(F)CCCCCNc2cccc(c2)S(=O)(=O)N3)c1. The Morgan fingerprint density at radius 1 is 0.976 bits per heavy atom. The number of aromatic nitrogens is 1. The number of nitrogens with one attached hydrogen (secondary N) is 2. The van der Waals surface area contributed by atoms with E-state index in [9.17, 15) is 8.42 Å². The fraction of sp³-hybridized carbons (Fsp3) is 0.344. The molecule has 4 bridgehead atoms. The van der Waals surface area contributed by atoms with Gasteiger partial charge in [-0.2, -0.15) is 0 Å². The highest BCUT2D eigenvalue weighted by Crippen LogP contribution is 2.46. The van der Waals surface area contributed by atoms with Crippen LogP contribution in [0.1, 0.15) is 52.0 Å². The summed E-state index contributed by atoms with van der Waals surface area (Å²) >= 11 is 1.10. The Labute approximate surface area is 250 Å². The minimum Gasteiger partial charge on any atom is -0.493 e. The first-order valence-corrected chi connectivity index (χ1v) is 16.3. The topological polar surface area (TPSA) is 80.3 Å². The molecule has 0 atom stereocenters. The van der Waals surface area contributed by atoms with Gasteiger partial charge >= 0.3 is 0 Å². The normalized spacial score (nSPS) is 16.8. The Morgan fingerprint density at radius 2 is 1.76 bits per heavy atom. The molecule has 0 aliphatic carbocycles. The first kappa shape index (κ1) is 30.0. The fourth-order valence-corrected chi connectivity index (χ4v) is 7.00. The van der Waals surface area contributed by atoms with Gasteiger partial charge in [-0.05, 0) is 54.2 Å².